The highest BCUT2D eigenvalue weighted by atomic mass is 16.5. The van der Waals surface area contributed by atoms with Crippen molar-refractivity contribution in [1.29, 1.82) is 0 Å². The lowest BCUT2D eigenvalue weighted by Crippen LogP contribution is -2.55. The van der Waals surface area contributed by atoms with Crippen LogP contribution < -0.4 is 5.48 Å². The maximum atomic E-state index is 13.6. The van der Waals surface area contributed by atoms with Crippen LogP contribution in [-0.4, -0.2) is 45.1 Å². The van der Waals surface area contributed by atoms with Gasteiger partial charge in [0.15, 0.2) is 0 Å². The molecule has 0 saturated heterocycles. The molecule has 1 aliphatic carbocycles. The van der Waals surface area contributed by atoms with Crippen LogP contribution in [0.3, 0.4) is 0 Å². The first-order chi connectivity index (χ1) is 15.4. The lowest BCUT2D eigenvalue weighted by atomic mass is 9.90. The Balaban J connectivity index is 2.38. The van der Waals surface area contributed by atoms with Crippen LogP contribution in [0.4, 0.5) is 4.79 Å². The van der Waals surface area contributed by atoms with Crippen LogP contribution in [0, 0.1) is 11.8 Å². The molecular weight excluding hydrogens is 410 g/mol. The number of urea groups is 1. The highest BCUT2D eigenvalue weighted by Crippen LogP contribution is 2.25. The second-order valence-corrected chi connectivity index (χ2v) is 8.74. The fourth-order valence-electron chi connectivity index (χ4n) is 4.15. The lowest BCUT2D eigenvalue weighted by molar-refractivity contribution is -0.158. The second-order valence-electron chi connectivity index (χ2n) is 8.74. The third-order valence-corrected chi connectivity index (χ3v) is 5.70. The molecule has 0 spiro atoms. The van der Waals surface area contributed by atoms with Crippen molar-refractivity contribution in [2.24, 2.45) is 11.8 Å². The molecule has 2 N–H and O–H groups in total. The smallest absolute Gasteiger partial charge is 0.348 e. The molecule has 3 amide bonds. The van der Waals surface area contributed by atoms with Crippen molar-refractivity contribution in [3.05, 3.63) is 42.7 Å². The minimum absolute atomic E-state index is 0.0500. The SMILES string of the molecule is C=CCCC(CC(C)C)C(=O)N(C(=O)NO)[C@@H](Cc1cccnc1)C(=O)OC1CCCC1. The van der Waals surface area contributed by atoms with Gasteiger partial charge in [-0.05, 0) is 62.5 Å². The summed E-state index contributed by atoms with van der Waals surface area (Å²) in [5, 5.41) is 9.40. The van der Waals surface area contributed by atoms with E-state index in [9.17, 15) is 19.6 Å². The number of carbonyl (C=O) groups is 3. The zero-order valence-corrected chi connectivity index (χ0v) is 19.0. The molecule has 32 heavy (non-hydrogen) atoms. The van der Waals surface area contributed by atoms with Crippen LogP contribution in [-0.2, 0) is 20.7 Å². The highest BCUT2D eigenvalue weighted by Gasteiger charge is 2.40. The Hall–Kier alpha value is -2.74. The Kier molecular flexibility index (Phi) is 10.3. The molecule has 176 valence electrons. The molecule has 8 heteroatoms. The number of nitrogens with zero attached hydrogens (tertiary/aromatic N) is 2. The molecule has 0 aromatic carbocycles. The van der Waals surface area contributed by atoms with Gasteiger partial charge in [0.05, 0.1) is 0 Å². The van der Waals surface area contributed by atoms with Gasteiger partial charge in [-0.2, -0.15) is 0 Å². The van der Waals surface area contributed by atoms with E-state index in [-0.39, 0.29) is 18.4 Å². The van der Waals surface area contributed by atoms with E-state index in [4.69, 9.17) is 4.74 Å². The molecule has 2 rings (SSSR count). The van der Waals surface area contributed by atoms with Crippen molar-refractivity contribution in [1.82, 2.24) is 15.4 Å². The van der Waals surface area contributed by atoms with E-state index < -0.39 is 29.9 Å². The zero-order chi connectivity index (χ0) is 23.5. The summed E-state index contributed by atoms with van der Waals surface area (Å²) in [6, 6.07) is 1.24. The summed E-state index contributed by atoms with van der Waals surface area (Å²) in [6.45, 7) is 7.70. The van der Waals surface area contributed by atoms with Crippen molar-refractivity contribution in [2.75, 3.05) is 0 Å². The van der Waals surface area contributed by atoms with Gasteiger partial charge in [-0.25, -0.2) is 20.0 Å². The molecule has 1 aromatic heterocycles. The van der Waals surface area contributed by atoms with Crippen LogP contribution in [0.1, 0.15) is 64.4 Å². The number of hydroxylamine groups is 1. The van der Waals surface area contributed by atoms with Crippen molar-refractivity contribution in [3.63, 3.8) is 0 Å². The summed E-state index contributed by atoms with van der Waals surface area (Å²) in [7, 11) is 0. The maximum Gasteiger partial charge on any atom is 0.348 e. The number of nitrogens with one attached hydrogen (secondary N) is 1. The lowest BCUT2D eigenvalue weighted by Gasteiger charge is -2.32. The van der Waals surface area contributed by atoms with E-state index in [1.54, 1.807) is 36.1 Å². The number of carbonyl (C=O) groups excluding carboxylic acids is 3. The summed E-state index contributed by atoms with van der Waals surface area (Å²) < 4.78 is 5.68. The number of allylic oxidation sites excluding steroid dienone is 1. The zero-order valence-electron chi connectivity index (χ0n) is 19.0. The van der Waals surface area contributed by atoms with Gasteiger partial charge < -0.3 is 4.74 Å². The van der Waals surface area contributed by atoms with E-state index in [0.717, 1.165) is 30.6 Å². The van der Waals surface area contributed by atoms with Crippen LogP contribution in [0.5, 0.6) is 0 Å². The number of aromatic nitrogens is 1. The summed E-state index contributed by atoms with van der Waals surface area (Å²) in [4.78, 5) is 44.4. The van der Waals surface area contributed by atoms with E-state index >= 15 is 0 Å². The van der Waals surface area contributed by atoms with Crippen LogP contribution in [0.15, 0.2) is 37.2 Å². The normalized spacial score (nSPS) is 15.8. The van der Waals surface area contributed by atoms with E-state index in [1.807, 2.05) is 13.8 Å². The van der Waals surface area contributed by atoms with Crippen molar-refractivity contribution in [3.8, 4) is 0 Å². The third-order valence-electron chi connectivity index (χ3n) is 5.70. The number of esters is 1. The number of imide groups is 1. The monoisotopic (exact) mass is 445 g/mol. The molecule has 1 aromatic rings. The van der Waals surface area contributed by atoms with E-state index in [1.165, 1.54) is 0 Å². The van der Waals surface area contributed by atoms with Gasteiger partial charge in [-0.3, -0.25) is 15.0 Å². The van der Waals surface area contributed by atoms with Gasteiger partial charge in [0.25, 0.3) is 0 Å². The van der Waals surface area contributed by atoms with Crippen molar-refractivity contribution in [2.45, 2.75) is 77.4 Å². The first-order valence-corrected chi connectivity index (χ1v) is 11.3. The van der Waals surface area contributed by atoms with Gasteiger partial charge in [0.1, 0.15) is 12.1 Å². The fraction of sp³-hybridized carbons (Fsp3) is 0.583. The highest BCUT2D eigenvalue weighted by molar-refractivity contribution is 5.99. The predicted molar refractivity (Wildman–Crippen MR) is 120 cm³/mol. The summed E-state index contributed by atoms with van der Waals surface area (Å²) >= 11 is 0. The quantitative estimate of drug-likeness (QED) is 0.230. The molecule has 1 fully saturated rings. The first-order valence-electron chi connectivity index (χ1n) is 11.3. The molecule has 0 aliphatic heterocycles. The Labute approximate surface area is 190 Å². The van der Waals surface area contributed by atoms with Crippen LogP contribution in [0.2, 0.25) is 0 Å². The molecule has 0 bridgehead atoms. The Bertz CT molecular complexity index is 762. The Morgan fingerprint density at radius 2 is 2.06 bits per heavy atom. The van der Waals surface area contributed by atoms with Gasteiger partial charge >= 0.3 is 12.0 Å². The summed E-state index contributed by atoms with van der Waals surface area (Å²) in [6.07, 6.45) is 9.84. The minimum Gasteiger partial charge on any atom is -0.461 e. The molecule has 1 heterocycles. The van der Waals surface area contributed by atoms with Crippen LogP contribution in [0.25, 0.3) is 0 Å². The first kappa shape index (κ1) is 25.5. The van der Waals surface area contributed by atoms with E-state index in [0.29, 0.717) is 24.8 Å². The molecule has 2 atom stereocenters. The third kappa shape index (κ3) is 7.44. The largest absolute Gasteiger partial charge is 0.461 e. The summed E-state index contributed by atoms with van der Waals surface area (Å²) in [5.74, 6) is -1.45. The van der Waals surface area contributed by atoms with E-state index in [2.05, 4.69) is 11.6 Å². The number of rotatable bonds is 11. The van der Waals surface area contributed by atoms with Gasteiger partial charge in [-0.1, -0.05) is 26.0 Å². The molecular formula is C24H35N3O5. The predicted octanol–water partition coefficient (Wildman–Crippen LogP) is 4.03. The van der Waals surface area contributed by atoms with Gasteiger partial charge in [0, 0.05) is 24.7 Å². The van der Waals surface area contributed by atoms with Gasteiger partial charge in [-0.15, -0.1) is 6.58 Å². The standard InChI is InChI=1S/C24H35N3O5/c1-4-5-10-19(14-17(2)3)22(28)27(24(30)26-31)21(15-18-9-8-13-25-16-18)23(29)32-20-11-6-7-12-20/h4,8-9,13,16-17,19-21,31H,1,5-7,10-12,14-15H2,2-3H3,(H,26,30)/t19?,21-/m0/s1. The number of ether oxygens (including phenoxy) is 1. The minimum atomic E-state index is -1.21. The Morgan fingerprint density at radius 1 is 1.34 bits per heavy atom. The van der Waals surface area contributed by atoms with Gasteiger partial charge in [0.2, 0.25) is 5.91 Å². The number of hydrogen-bond acceptors (Lipinski definition) is 6. The molecule has 1 unspecified atom stereocenters. The molecule has 1 saturated carbocycles. The second kappa shape index (κ2) is 13.0. The number of amides is 3. The van der Waals surface area contributed by atoms with Crippen molar-refractivity contribution < 1.29 is 24.3 Å². The summed E-state index contributed by atoms with van der Waals surface area (Å²) in [5.41, 5.74) is 2.22. The maximum absolute atomic E-state index is 13.6. The molecule has 0 radical (unpaired) electrons. The molecule has 8 nitrogen and oxygen atoms in total. The molecule has 1 aliphatic rings. The number of pyridine rings is 1. The number of hydrogen-bond donors (Lipinski definition) is 2. The van der Waals surface area contributed by atoms with Crippen LogP contribution >= 0.6 is 0 Å². The topological polar surface area (TPSA) is 109 Å². The average molecular weight is 446 g/mol. The average Bonchev–Trinajstić information content (AvgIpc) is 3.29. The van der Waals surface area contributed by atoms with Crippen molar-refractivity contribution >= 4 is 17.9 Å². The fourth-order valence-corrected chi connectivity index (χ4v) is 4.15. The Morgan fingerprint density at radius 3 is 2.62 bits per heavy atom.